The number of aromatic nitrogens is 1. The molecule has 0 spiro atoms. The molecule has 0 aliphatic rings. The first-order valence-electron chi connectivity index (χ1n) is 6.01. The molecule has 3 N–H and O–H groups in total. The van der Waals surface area contributed by atoms with Crippen molar-refractivity contribution >= 4 is 11.6 Å². The lowest BCUT2D eigenvalue weighted by Crippen LogP contribution is -2.21. The van der Waals surface area contributed by atoms with Crippen molar-refractivity contribution in [3.8, 4) is 5.75 Å². The van der Waals surface area contributed by atoms with E-state index in [0.29, 0.717) is 12.3 Å². The Morgan fingerprint density at radius 1 is 1.35 bits per heavy atom. The van der Waals surface area contributed by atoms with Gasteiger partial charge in [-0.05, 0) is 12.1 Å². The van der Waals surface area contributed by atoms with E-state index in [2.05, 4.69) is 10.3 Å². The Labute approximate surface area is 115 Å². The van der Waals surface area contributed by atoms with Gasteiger partial charge >= 0.3 is 0 Å². The fraction of sp³-hybridized carbons (Fsp3) is 0.143. The van der Waals surface area contributed by atoms with E-state index in [9.17, 15) is 9.18 Å². The number of nitrogens with two attached hydrogens (primary N) is 1. The van der Waals surface area contributed by atoms with Crippen LogP contribution in [0, 0.1) is 5.82 Å². The van der Waals surface area contributed by atoms with E-state index in [4.69, 9.17) is 10.5 Å². The lowest BCUT2D eigenvalue weighted by molar-refractivity contribution is -0.118. The highest BCUT2D eigenvalue weighted by molar-refractivity contribution is 5.91. The van der Waals surface area contributed by atoms with E-state index in [1.54, 1.807) is 12.1 Å². The van der Waals surface area contributed by atoms with E-state index in [-0.39, 0.29) is 12.3 Å². The lowest BCUT2D eigenvalue weighted by Gasteiger charge is -2.10. The predicted molar refractivity (Wildman–Crippen MR) is 72.7 cm³/mol. The zero-order chi connectivity index (χ0) is 14.4. The molecule has 5 nitrogen and oxygen atoms in total. The average Bonchev–Trinajstić information content (AvgIpc) is 2.48. The highest BCUT2D eigenvalue weighted by atomic mass is 19.1. The Morgan fingerprint density at radius 3 is 2.90 bits per heavy atom. The van der Waals surface area contributed by atoms with Crippen LogP contribution in [0.4, 0.5) is 10.1 Å². The number of pyridine rings is 1. The van der Waals surface area contributed by atoms with Gasteiger partial charge in [-0.2, -0.15) is 0 Å². The molecular formula is C14H14FN3O2. The standard InChI is InChI=1S/C14H14FN3O2/c15-11-8-17-6-5-12(11)18-14(19)9-20-13-4-2-1-3-10(13)7-16/h1-6,8H,7,9,16H2,(H,17,18,19). The third kappa shape index (κ3) is 3.52. The van der Waals surface area contributed by atoms with Crippen molar-refractivity contribution in [2.75, 3.05) is 11.9 Å². The summed E-state index contributed by atoms with van der Waals surface area (Å²) in [6.45, 7) is 0.0928. The van der Waals surface area contributed by atoms with Crippen LogP contribution in [0.2, 0.25) is 0 Å². The minimum Gasteiger partial charge on any atom is -0.483 e. The second-order valence-electron chi connectivity index (χ2n) is 4.00. The van der Waals surface area contributed by atoms with E-state index in [1.807, 2.05) is 12.1 Å². The molecule has 1 amide bonds. The van der Waals surface area contributed by atoms with Gasteiger partial charge in [0.2, 0.25) is 0 Å². The van der Waals surface area contributed by atoms with Gasteiger partial charge in [-0.15, -0.1) is 0 Å². The first-order chi connectivity index (χ1) is 9.70. The number of halogens is 1. The third-order valence-corrected chi connectivity index (χ3v) is 2.60. The van der Waals surface area contributed by atoms with Gasteiger partial charge in [0.15, 0.2) is 12.4 Å². The van der Waals surface area contributed by atoms with Gasteiger partial charge in [-0.1, -0.05) is 18.2 Å². The number of anilines is 1. The maximum Gasteiger partial charge on any atom is 0.262 e. The van der Waals surface area contributed by atoms with Crippen molar-refractivity contribution in [1.82, 2.24) is 4.98 Å². The molecule has 0 aliphatic heterocycles. The van der Waals surface area contributed by atoms with E-state index >= 15 is 0 Å². The topological polar surface area (TPSA) is 77.2 Å². The quantitative estimate of drug-likeness (QED) is 0.870. The first kappa shape index (κ1) is 14.0. The molecule has 0 saturated carbocycles. The number of amides is 1. The summed E-state index contributed by atoms with van der Waals surface area (Å²) in [6, 6.07) is 8.54. The predicted octanol–water partition coefficient (Wildman–Crippen LogP) is 1.70. The van der Waals surface area contributed by atoms with Gasteiger partial charge in [0.05, 0.1) is 11.9 Å². The van der Waals surface area contributed by atoms with Gasteiger partial charge in [0, 0.05) is 18.3 Å². The lowest BCUT2D eigenvalue weighted by atomic mass is 10.2. The van der Waals surface area contributed by atoms with Crippen molar-refractivity contribution in [2.45, 2.75) is 6.54 Å². The number of nitrogens with zero attached hydrogens (tertiary/aromatic N) is 1. The monoisotopic (exact) mass is 275 g/mol. The van der Waals surface area contributed by atoms with E-state index in [1.165, 1.54) is 12.3 Å². The fourth-order valence-electron chi connectivity index (χ4n) is 1.62. The normalized spacial score (nSPS) is 10.1. The summed E-state index contributed by atoms with van der Waals surface area (Å²) in [4.78, 5) is 15.3. The highest BCUT2D eigenvalue weighted by Crippen LogP contribution is 2.17. The zero-order valence-corrected chi connectivity index (χ0v) is 10.7. The van der Waals surface area contributed by atoms with E-state index < -0.39 is 11.7 Å². The molecular weight excluding hydrogens is 261 g/mol. The minimum atomic E-state index is -0.594. The highest BCUT2D eigenvalue weighted by Gasteiger charge is 2.08. The molecule has 6 heteroatoms. The van der Waals surface area contributed by atoms with Crippen LogP contribution in [-0.2, 0) is 11.3 Å². The number of nitrogens with one attached hydrogen (secondary N) is 1. The van der Waals surface area contributed by atoms with Crippen LogP contribution >= 0.6 is 0 Å². The molecule has 1 aromatic heterocycles. The van der Waals surface area contributed by atoms with Crippen molar-refractivity contribution in [1.29, 1.82) is 0 Å². The number of hydrogen-bond acceptors (Lipinski definition) is 4. The summed E-state index contributed by atoms with van der Waals surface area (Å²) in [7, 11) is 0. The Bertz CT molecular complexity index is 604. The fourth-order valence-corrected chi connectivity index (χ4v) is 1.62. The zero-order valence-electron chi connectivity index (χ0n) is 10.7. The molecule has 1 aromatic carbocycles. The summed E-state index contributed by atoms with van der Waals surface area (Å²) in [5.74, 6) is -0.509. The van der Waals surface area contributed by atoms with Gasteiger partial charge in [0.1, 0.15) is 5.75 Å². The van der Waals surface area contributed by atoms with Crippen LogP contribution in [-0.4, -0.2) is 17.5 Å². The van der Waals surface area contributed by atoms with Crippen LogP contribution in [0.1, 0.15) is 5.56 Å². The Kier molecular flexibility index (Phi) is 4.62. The van der Waals surface area contributed by atoms with Gasteiger partial charge in [-0.3, -0.25) is 9.78 Å². The van der Waals surface area contributed by atoms with Crippen LogP contribution in [0.15, 0.2) is 42.7 Å². The Morgan fingerprint density at radius 2 is 2.15 bits per heavy atom. The van der Waals surface area contributed by atoms with Gasteiger partial charge in [-0.25, -0.2) is 4.39 Å². The SMILES string of the molecule is NCc1ccccc1OCC(=O)Nc1ccncc1F. The van der Waals surface area contributed by atoms with Crippen LogP contribution in [0.25, 0.3) is 0 Å². The number of para-hydroxylation sites is 1. The molecule has 2 rings (SSSR count). The number of benzene rings is 1. The van der Waals surface area contributed by atoms with E-state index in [0.717, 1.165) is 11.8 Å². The summed E-state index contributed by atoms with van der Waals surface area (Å²) in [5.41, 5.74) is 6.43. The maximum atomic E-state index is 13.3. The number of carbonyl (C=O) groups is 1. The molecule has 0 radical (unpaired) electrons. The Balaban J connectivity index is 1.94. The molecule has 2 aromatic rings. The van der Waals surface area contributed by atoms with Crippen molar-refractivity contribution in [3.05, 3.63) is 54.1 Å². The molecule has 0 bridgehead atoms. The van der Waals surface area contributed by atoms with Crippen molar-refractivity contribution in [3.63, 3.8) is 0 Å². The minimum absolute atomic E-state index is 0.0701. The first-order valence-corrected chi connectivity index (χ1v) is 6.01. The second kappa shape index (κ2) is 6.63. The molecule has 20 heavy (non-hydrogen) atoms. The maximum absolute atomic E-state index is 13.3. The van der Waals surface area contributed by atoms with Gasteiger partial charge < -0.3 is 15.8 Å². The third-order valence-electron chi connectivity index (χ3n) is 2.60. The van der Waals surface area contributed by atoms with Crippen LogP contribution < -0.4 is 15.8 Å². The molecule has 1 heterocycles. The molecule has 0 saturated heterocycles. The van der Waals surface area contributed by atoms with Crippen LogP contribution in [0.5, 0.6) is 5.75 Å². The summed E-state index contributed by atoms with van der Waals surface area (Å²) in [5, 5.41) is 2.41. The molecule has 0 aliphatic carbocycles. The number of carbonyl (C=O) groups excluding carboxylic acids is 1. The molecule has 104 valence electrons. The number of hydrogen-bond donors (Lipinski definition) is 2. The smallest absolute Gasteiger partial charge is 0.262 e. The largest absolute Gasteiger partial charge is 0.483 e. The van der Waals surface area contributed by atoms with Crippen LogP contribution in [0.3, 0.4) is 0 Å². The molecule has 0 atom stereocenters. The van der Waals surface area contributed by atoms with Crippen molar-refractivity contribution < 1.29 is 13.9 Å². The van der Waals surface area contributed by atoms with Gasteiger partial charge in [0.25, 0.3) is 5.91 Å². The average molecular weight is 275 g/mol. The summed E-state index contributed by atoms with van der Waals surface area (Å²) in [6.07, 6.45) is 2.42. The summed E-state index contributed by atoms with van der Waals surface area (Å²) >= 11 is 0. The number of rotatable bonds is 5. The molecule has 0 unspecified atom stereocenters. The molecule has 0 fully saturated rings. The number of ether oxygens (including phenoxy) is 1. The summed E-state index contributed by atoms with van der Waals surface area (Å²) < 4.78 is 18.7. The van der Waals surface area contributed by atoms with Crippen molar-refractivity contribution in [2.24, 2.45) is 5.73 Å². The second-order valence-corrected chi connectivity index (χ2v) is 4.00. The Hall–Kier alpha value is -2.47.